The number of benzene rings is 2. The molecule has 2 aromatic carbocycles. The topological polar surface area (TPSA) is 74.3 Å². The molecule has 0 atom stereocenters. The molecular formula is C22H25NO6. The molecule has 0 aliphatic rings. The molecule has 0 radical (unpaired) electrons. The van der Waals surface area contributed by atoms with Gasteiger partial charge >= 0.3 is 5.97 Å². The van der Waals surface area contributed by atoms with Crippen molar-refractivity contribution in [3.8, 4) is 17.2 Å². The van der Waals surface area contributed by atoms with Crippen molar-refractivity contribution in [2.24, 2.45) is 0 Å². The summed E-state index contributed by atoms with van der Waals surface area (Å²) in [5.74, 6) is 0.914. The summed E-state index contributed by atoms with van der Waals surface area (Å²) in [6, 6.07) is 12.7. The second kappa shape index (κ2) is 10.8. The first-order valence-corrected chi connectivity index (χ1v) is 8.91. The van der Waals surface area contributed by atoms with E-state index in [1.807, 2.05) is 24.3 Å². The summed E-state index contributed by atoms with van der Waals surface area (Å²) in [5, 5.41) is 0. The molecule has 0 spiro atoms. The Hall–Kier alpha value is -3.48. The lowest BCUT2D eigenvalue weighted by Gasteiger charge is -2.18. The number of carbonyl (C=O) groups is 2. The van der Waals surface area contributed by atoms with Crippen molar-refractivity contribution in [1.82, 2.24) is 4.90 Å². The predicted molar refractivity (Wildman–Crippen MR) is 109 cm³/mol. The summed E-state index contributed by atoms with van der Waals surface area (Å²) in [4.78, 5) is 25.6. The summed E-state index contributed by atoms with van der Waals surface area (Å²) in [5.41, 5.74) is 1.60. The molecule has 2 rings (SSSR count). The monoisotopic (exact) mass is 399 g/mol. The Morgan fingerprint density at radius 2 is 1.62 bits per heavy atom. The number of para-hydroxylation sites is 1. The third-order valence-electron chi connectivity index (χ3n) is 4.18. The maximum Gasteiger partial charge on any atom is 0.331 e. The van der Waals surface area contributed by atoms with E-state index in [9.17, 15) is 9.59 Å². The van der Waals surface area contributed by atoms with Crippen LogP contribution in [0.4, 0.5) is 0 Å². The van der Waals surface area contributed by atoms with Gasteiger partial charge in [0.2, 0.25) is 0 Å². The van der Waals surface area contributed by atoms with E-state index in [-0.39, 0.29) is 12.5 Å². The third kappa shape index (κ3) is 6.27. The SMILES string of the molecule is COc1ccccc1CN(C)C(=O)COC(=O)/C=C/c1ccc(OC)c(OC)c1. The van der Waals surface area contributed by atoms with Gasteiger partial charge in [-0.2, -0.15) is 0 Å². The molecule has 0 saturated carbocycles. The minimum Gasteiger partial charge on any atom is -0.496 e. The van der Waals surface area contributed by atoms with E-state index in [4.69, 9.17) is 18.9 Å². The average molecular weight is 399 g/mol. The summed E-state index contributed by atoms with van der Waals surface area (Å²) in [7, 11) is 6.30. The zero-order valence-electron chi connectivity index (χ0n) is 17.0. The molecule has 0 fully saturated rings. The Morgan fingerprint density at radius 1 is 0.931 bits per heavy atom. The molecule has 0 aromatic heterocycles. The number of hydrogen-bond donors (Lipinski definition) is 0. The number of rotatable bonds is 9. The van der Waals surface area contributed by atoms with E-state index in [0.29, 0.717) is 23.8 Å². The maximum atomic E-state index is 12.2. The Balaban J connectivity index is 1.88. The van der Waals surface area contributed by atoms with Gasteiger partial charge in [0.05, 0.1) is 21.3 Å². The van der Waals surface area contributed by atoms with Crippen LogP contribution in [0.3, 0.4) is 0 Å². The maximum absolute atomic E-state index is 12.2. The Bertz CT molecular complexity index is 877. The van der Waals surface area contributed by atoms with Gasteiger partial charge in [0.1, 0.15) is 5.75 Å². The lowest BCUT2D eigenvalue weighted by molar-refractivity contribution is -0.147. The second-order valence-corrected chi connectivity index (χ2v) is 6.12. The van der Waals surface area contributed by atoms with E-state index in [2.05, 4.69) is 0 Å². The Morgan fingerprint density at radius 3 is 2.31 bits per heavy atom. The fraction of sp³-hybridized carbons (Fsp3) is 0.273. The first-order valence-electron chi connectivity index (χ1n) is 8.91. The molecule has 0 bridgehead atoms. The van der Waals surface area contributed by atoms with Crippen LogP contribution in [-0.2, 0) is 20.9 Å². The van der Waals surface area contributed by atoms with Gasteiger partial charge in [0.25, 0.3) is 5.91 Å². The molecule has 0 unspecified atom stereocenters. The van der Waals surface area contributed by atoms with E-state index < -0.39 is 5.97 Å². The van der Waals surface area contributed by atoms with Crippen LogP contribution in [0.2, 0.25) is 0 Å². The first kappa shape index (κ1) is 21.8. The number of methoxy groups -OCH3 is 3. The molecular weight excluding hydrogens is 374 g/mol. The highest BCUT2D eigenvalue weighted by Crippen LogP contribution is 2.28. The third-order valence-corrected chi connectivity index (χ3v) is 4.18. The first-order chi connectivity index (χ1) is 14.0. The molecule has 0 N–H and O–H groups in total. The molecule has 0 aliphatic carbocycles. The summed E-state index contributed by atoms with van der Waals surface area (Å²) >= 11 is 0. The van der Waals surface area contributed by atoms with Gasteiger partial charge in [-0.3, -0.25) is 4.79 Å². The highest BCUT2D eigenvalue weighted by Gasteiger charge is 2.13. The van der Waals surface area contributed by atoms with Crippen LogP contribution in [0.15, 0.2) is 48.5 Å². The number of ether oxygens (including phenoxy) is 4. The fourth-order valence-corrected chi connectivity index (χ4v) is 2.59. The van der Waals surface area contributed by atoms with E-state index in [1.165, 1.54) is 18.1 Å². The number of nitrogens with zero attached hydrogens (tertiary/aromatic N) is 1. The number of esters is 1. The lowest BCUT2D eigenvalue weighted by Crippen LogP contribution is -2.30. The van der Waals surface area contributed by atoms with Crippen LogP contribution >= 0.6 is 0 Å². The fourth-order valence-electron chi connectivity index (χ4n) is 2.59. The minimum atomic E-state index is -0.612. The van der Waals surface area contributed by atoms with Crippen molar-refractivity contribution in [1.29, 1.82) is 0 Å². The summed E-state index contributed by atoms with van der Waals surface area (Å²) < 4.78 is 20.7. The molecule has 7 heteroatoms. The standard InChI is InChI=1S/C22H25NO6/c1-23(14-17-7-5-6-8-18(17)26-2)21(24)15-29-22(25)12-10-16-9-11-19(27-3)20(13-16)28-4/h5-13H,14-15H2,1-4H3/b12-10+. The predicted octanol–water partition coefficient (Wildman–Crippen LogP) is 2.93. The number of carbonyl (C=O) groups excluding carboxylic acids is 2. The minimum absolute atomic E-state index is 0.316. The highest BCUT2D eigenvalue weighted by molar-refractivity contribution is 5.89. The van der Waals surface area contributed by atoms with Crippen molar-refractivity contribution >= 4 is 18.0 Å². The van der Waals surface area contributed by atoms with Crippen LogP contribution in [0.5, 0.6) is 17.2 Å². The van der Waals surface area contributed by atoms with Crippen molar-refractivity contribution in [3.63, 3.8) is 0 Å². The number of likely N-dealkylation sites (N-methyl/N-ethyl adjacent to an activating group) is 1. The summed E-state index contributed by atoms with van der Waals surface area (Å²) in [6.07, 6.45) is 2.84. The van der Waals surface area contributed by atoms with E-state index in [0.717, 1.165) is 11.1 Å². The van der Waals surface area contributed by atoms with Crippen LogP contribution in [0, 0.1) is 0 Å². The van der Waals surface area contributed by atoms with Crippen LogP contribution in [0.1, 0.15) is 11.1 Å². The highest BCUT2D eigenvalue weighted by atomic mass is 16.5. The van der Waals surface area contributed by atoms with Crippen LogP contribution in [-0.4, -0.2) is 51.8 Å². The lowest BCUT2D eigenvalue weighted by atomic mass is 10.2. The normalized spacial score (nSPS) is 10.5. The van der Waals surface area contributed by atoms with Gasteiger partial charge < -0.3 is 23.8 Å². The van der Waals surface area contributed by atoms with Gasteiger partial charge in [0.15, 0.2) is 18.1 Å². The molecule has 7 nitrogen and oxygen atoms in total. The molecule has 1 amide bonds. The van der Waals surface area contributed by atoms with E-state index >= 15 is 0 Å². The molecule has 0 heterocycles. The van der Waals surface area contributed by atoms with E-state index in [1.54, 1.807) is 45.5 Å². The van der Waals surface area contributed by atoms with Gasteiger partial charge in [-0.05, 0) is 29.8 Å². The van der Waals surface area contributed by atoms with Gasteiger partial charge in [-0.25, -0.2) is 4.79 Å². The molecule has 2 aromatic rings. The van der Waals surface area contributed by atoms with Gasteiger partial charge in [0, 0.05) is 25.2 Å². The summed E-state index contributed by atoms with van der Waals surface area (Å²) in [6.45, 7) is 0.00261. The Kier molecular flexibility index (Phi) is 8.09. The Labute approximate surface area is 170 Å². The van der Waals surface area contributed by atoms with Crippen molar-refractivity contribution < 1.29 is 28.5 Å². The zero-order valence-corrected chi connectivity index (χ0v) is 17.0. The number of amides is 1. The van der Waals surface area contributed by atoms with Crippen molar-refractivity contribution in [2.45, 2.75) is 6.54 Å². The van der Waals surface area contributed by atoms with Gasteiger partial charge in [-0.1, -0.05) is 24.3 Å². The molecule has 0 saturated heterocycles. The largest absolute Gasteiger partial charge is 0.496 e. The smallest absolute Gasteiger partial charge is 0.331 e. The van der Waals surface area contributed by atoms with Gasteiger partial charge in [-0.15, -0.1) is 0 Å². The van der Waals surface area contributed by atoms with Crippen molar-refractivity contribution in [3.05, 3.63) is 59.7 Å². The molecule has 0 aliphatic heterocycles. The number of hydrogen-bond acceptors (Lipinski definition) is 6. The average Bonchev–Trinajstić information content (AvgIpc) is 2.75. The molecule has 29 heavy (non-hydrogen) atoms. The van der Waals surface area contributed by atoms with Crippen LogP contribution in [0.25, 0.3) is 6.08 Å². The molecule has 154 valence electrons. The zero-order chi connectivity index (χ0) is 21.2. The quantitative estimate of drug-likeness (QED) is 0.477. The second-order valence-electron chi connectivity index (χ2n) is 6.12. The van der Waals surface area contributed by atoms with Crippen molar-refractivity contribution in [2.75, 3.05) is 35.0 Å². The van der Waals surface area contributed by atoms with Crippen LogP contribution < -0.4 is 14.2 Å².